The molecular weight excluding hydrogens is 236 g/mol. The van der Waals surface area contributed by atoms with Gasteiger partial charge in [0, 0.05) is 12.0 Å². The average molecular weight is 260 g/mol. The van der Waals surface area contributed by atoms with Gasteiger partial charge in [0.05, 0.1) is 7.11 Å². The van der Waals surface area contributed by atoms with Crippen LogP contribution in [0.1, 0.15) is 51.5 Å². The van der Waals surface area contributed by atoms with Crippen molar-refractivity contribution in [1.29, 1.82) is 0 Å². The maximum atomic E-state index is 6.29. The molecule has 1 heterocycles. The molecule has 0 bridgehead atoms. The zero-order chi connectivity index (χ0) is 13.6. The smallest absolute Gasteiger partial charge is 0.127 e. The summed E-state index contributed by atoms with van der Waals surface area (Å²) in [5, 5.41) is 0. The van der Waals surface area contributed by atoms with E-state index in [1.807, 2.05) is 6.07 Å². The Morgan fingerprint density at radius 1 is 1.26 bits per heavy atom. The third-order valence-corrected chi connectivity index (χ3v) is 5.00. The highest BCUT2D eigenvalue weighted by Crippen LogP contribution is 2.53. The predicted octanol–water partition coefficient (Wildman–Crippen LogP) is 4.39. The first kappa shape index (κ1) is 12.8. The van der Waals surface area contributed by atoms with Crippen molar-refractivity contribution in [2.75, 3.05) is 7.11 Å². The van der Waals surface area contributed by atoms with Crippen molar-refractivity contribution in [3.05, 3.63) is 23.8 Å². The monoisotopic (exact) mass is 260 g/mol. The Morgan fingerprint density at radius 3 is 2.79 bits per heavy atom. The summed E-state index contributed by atoms with van der Waals surface area (Å²) < 4.78 is 11.6. The molecule has 104 valence electrons. The van der Waals surface area contributed by atoms with Crippen LogP contribution in [0, 0.1) is 11.8 Å². The standard InChI is InChI=1S/C17H24O2/c1-11-5-8-15-14(9-11)13-7-6-12(18-4)10-16(13)19-17(15,2)3/h6-7,10-11,14-15H,5,8-9H2,1-4H3/t11?,14?,15-/m1/s1. The van der Waals surface area contributed by atoms with Crippen LogP contribution < -0.4 is 9.47 Å². The topological polar surface area (TPSA) is 18.5 Å². The number of ether oxygens (including phenoxy) is 2. The molecule has 1 aromatic carbocycles. The molecule has 2 aliphatic rings. The predicted molar refractivity (Wildman–Crippen MR) is 76.9 cm³/mol. The van der Waals surface area contributed by atoms with Crippen molar-refractivity contribution in [3.63, 3.8) is 0 Å². The SMILES string of the molecule is COc1ccc2c(c1)OC(C)(C)[C@@H]1CCC(C)CC21. The molecule has 0 saturated heterocycles. The first-order chi connectivity index (χ1) is 9.01. The maximum Gasteiger partial charge on any atom is 0.127 e. The fraction of sp³-hybridized carbons (Fsp3) is 0.647. The molecule has 0 amide bonds. The van der Waals surface area contributed by atoms with Gasteiger partial charge < -0.3 is 9.47 Å². The minimum absolute atomic E-state index is 0.0653. The molecule has 1 aliphatic carbocycles. The van der Waals surface area contributed by atoms with E-state index in [1.54, 1.807) is 7.11 Å². The Morgan fingerprint density at radius 2 is 2.05 bits per heavy atom. The summed E-state index contributed by atoms with van der Waals surface area (Å²) in [4.78, 5) is 0. The van der Waals surface area contributed by atoms with Crippen LogP contribution in [0.5, 0.6) is 11.5 Å². The number of hydrogen-bond acceptors (Lipinski definition) is 2. The van der Waals surface area contributed by atoms with E-state index in [4.69, 9.17) is 9.47 Å². The summed E-state index contributed by atoms with van der Waals surface area (Å²) in [7, 11) is 1.71. The van der Waals surface area contributed by atoms with Gasteiger partial charge in [-0.2, -0.15) is 0 Å². The largest absolute Gasteiger partial charge is 0.497 e. The van der Waals surface area contributed by atoms with E-state index < -0.39 is 0 Å². The second-order valence-electron chi connectivity index (χ2n) is 6.74. The Bertz CT molecular complexity index is 478. The molecule has 19 heavy (non-hydrogen) atoms. The summed E-state index contributed by atoms with van der Waals surface area (Å²) in [6.45, 7) is 6.86. The second-order valence-corrected chi connectivity index (χ2v) is 6.74. The Labute approximate surface area is 116 Å². The van der Waals surface area contributed by atoms with Crippen LogP contribution in [0.3, 0.4) is 0 Å². The van der Waals surface area contributed by atoms with Crippen molar-refractivity contribution in [3.8, 4) is 11.5 Å². The first-order valence-electron chi connectivity index (χ1n) is 7.38. The zero-order valence-corrected chi connectivity index (χ0v) is 12.4. The highest BCUT2D eigenvalue weighted by Gasteiger charge is 2.45. The Kier molecular flexibility index (Phi) is 2.99. The van der Waals surface area contributed by atoms with E-state index in [2.05, 4.69) is 32.9 Å². The average Bonchev–Trinajstić information content (AvgIpc) is 2.37. The molecule has 3 rings (SSSR count). The molecule has 0 spiro atoms. The third kappa shape index (κ3) is 2.11. The van der Waals surface area contributed by atoms with Gasteiger partial charge >= 0.3 is 0 Å². The number of methoxy groups -OCH3 is 1. The first-order valence-corrected chi connectivity index (χ1v) is 7.38. The number of fused-ring (bicyclic) bond motifs is 3. The van der Waals surface area contributed by atoms with Crippen LogP contribution >= 0.6 is 0 Å². The molecule has 2 heteroatoms. The van der Waals surface area contributed by atoms with Gasteiger partial charge in [-0.1, -0.05) is 19.4 Å². The van der Waals surface area contributed by atoms with Crippen LogP contribution in [0.25, 0.3) is 0 Å². The second kappa shape index (κ2) is 4.43. The summed E-state index contributed by atoms with van der Waals surface area (Å²) in [6, 6.07) is 6.32. The summed E-state index contributed by atoms with van der Waals surface area (Å²) in [5.41, 5.74) is 1.32. The Balaban J connectivity index is 2.04. The molecule has 1 fully saturated rings. The fourth-order valence-electron chi connectivity index (χ4n) is 3.95. The van der Waals surface area contributed by atoms with Crippen LogP contribution in [0.4, 0.5) is 0 Å². The van der Waals surface area contributed by atoms with Crippen LogP contribution in [-0.4, -0.2) is 12.7 Å². The normalized spacial score (nSPS) is 31.9. The molecule has 2 nitrogen and oxygen atoms in total. The molecule has 1 aromatic rings. The van der Waals surface area contributed by atoms with Crippen LogP contribution in [-0.2, 0) is 0 Å². The molecule has 0 aromatic heterocycles. The van der Waals surface area contributed by atoms with E-state index in [1.165, 1.54) is 24.8 Å². The van der Waals surface area contributed by atoms with E-state index >= 15 is 0 Å². The maximum absolute atomic E-state index is 6.29. The van der Waals surface area contributed by atoms with Crippen LogP contribution in [0.15, 0.2) is 18.2 Å². The molecule has 0 radical (unpaired) electrons. The lowest BCUT2D eigenvalue weighted by Gasteiger charge is -2.48. The van der Waals surface area contributed by atoms with Gasteiger partial charge in [-0.05, 0) is 50.2 Å². The third-order valence-electron chi connectivity index (χ3n) is 5.00. The highest BCUT2D eigenvalue weighted by molar-refractivity contribution is 5.45. The van der Waals surface area contributed by atoms with Gasteiger partial charge in [0.2, 0.25) is 0 Å². The highest BCUT2D eigenvalue weighted by atomic mass is 16.5. The summed E-state index contributed by atoms with van der Waals surface area (Å²) >= 11 is 0. The number of hydrogen-bond donors (Lipinski definition) is 0. The van der Waals surface area contributed by atoms with Crippen molar-refractivity contribution in [2.24, 2.45) is 11.8 Å². The van der Waals surface area contributed by atoms with Gasteiger partial charge in [-0.15, -0.1) is 0 Å². The summed E-state index contributed by atoms with van der Waals surface area (Å²) in [6.07, 6.45) is 3.90. The van der Waals surface area contributed by atoms with Crippen molar-refractivity contribution in [2.45, 2.75) is 51.6 Å². The molecule has 3 atom stereocenters. The van der Waals surface area contributed by atoms with Gasteiger partial charge in [0.25, 0.3) is 0 Å². The lowest BCUT2D eigenvalue weighted by molar-refractivity contribution is -0.0137. The minimum atomic E-state index is -0.0653. The van der Waals surface area contributed by atoms with Crippen LogP contribution in [0.2, 0.25) is 0 Å². The van der Waals surface area contributed by atoms with Crippen molar-refractivity contribution >= 4 is 0 Å². The summed E-state index contributed by atoms with van der Waals surface area (Å²) in [5.74, 6) is 4.03. The number of benzene rings is 1. The van der Waals surface area contributed by atoms with E-state index in [0.717, 1.165) is 17.4 Å². The molecule has 2 unspecified atom stereocenters. The van der Waals surface area contributed by atoms with E-state index in [0.29, 0.717) is 11.8 Å². The fourth-order valence-corrected chi connectivity index (χ4v) is 3.95. The van der Waals surface area contributed by atoms with Gasteiger partial charge in [0.1, 0.15) is 17.1 Å². The number of rotatable bonds is 1. The molecular formula is C17H24O2. The van der Waals surface area contributed by atoms with Crippen molar-refractivity contribution < 1.29 is 9.47 Å². The van der Waals surface area contributed by atoms with E-state index in [9.17, 15) is 0 Å². The zero-order valence-electron chi connectivity index (χ0n) is 12.4. The van der Waals surface area contributed by atoms with Gasteiger partial charge in [-0.3, -0.25) is 0 Å². The van der Waals surface area contributed by atoms with E-state index in [-0.39, 0.29) is 5.60 Å². The van der Waals surface area contributed by atoms with Crippen molar-refractivity contribution in [1.82, 2.24) is 0 Å². The molecule has 1 saturated carbocycles. The van der Waals surface area contributed by atoms with Gasteiger partial charge in [0.15, 0.2) is 0 Å². The quantitative estimate of drug-likeness (QED) is 0.745. The lowest BCUT2D eigenvalue weighted by atomic mass is 9.64. The molecule has 0 N–H and O–H groups in total. The Hall–Kier alpha value is -1.18. The molecule has 1 aliphatic heterocycles. The van der Waals surface area contributed by atoms with Gasteiger partial charge in [-0.25, -0.2) is 0 Å². The minimum Gasteiger partial charge on any atom is -0.497 e. The lowest BCUT2D eigenvalue weighted by Crippen LogP contribution is -2.46.